The highest BCUT2D eigenvalue weighted by Crippen LogP contribution is 2.24. The Kier molecular flexibility index (Phi) is 3.33. The van der Waals surface area contributed by atoms with Crippen molar-refractivity contribution < 1.29 is 9.53 Å². The van der Waals surface area contributed by atoms with Crippen molar-refractivity contribution in [2.45, 2.75) is 32.8 Å². The maximum atomic E-state index is 11.9. The Morgan fingerprint density at radius 3 is 2.76 bits per heavy atom. The lowest BCUT2D eigenvalue weighted by molar-refractivity contribution is -0.124. The molecule has 1 aromatic carbocycles. The number of hydrogen-bond donors (Lipinski definition) is 2. The van der Waals surface area contributed by atoms with Gasteiger partial charge in [0.1, 0.15) is 6.10 Å². The van der Waals surface area contributed by atoms with Gasteiger partial charge in [-0.2, -0.15) is 0 Å². The van der Waals surface area contributed by atoms with Crippen molar-refractivity contribution >= 4 is 17.3 Å². The minimum Gasteiger partial charge on any atom is -0.397 e. The van der Waals surface area contributed by atoms with Crippen LogP contribution in [0.25, 0.3) is 0 Å². The molecular formula is C13H18N2O2. The minimum atomic E-state index is -0.323. The summed E-state index contributed by atoms with van der Waals surface area (Å²) in [5.41, 5.74) is 9.39. The number of anilines is 2. The number of benzene rings is 1. The molecule has 0 radical (unpaired) electrons. The van der Waals surface area contributed by atoms with E-state index in [2.05, 4.69) is 5.32 Å². The summed E-state index contributed by atoms with van der Waals surface area (Å²) in [6.45, 7) is 4.66. The van der Waals surface area contributed by atoms with Gasteiger partial charge in [-0.3, -0.25) is 4.79 Å². The number of ether oxygens (including phenoxy) is 1. The summed E-state index contributed by atoms with van der Waals surface area (Å²) in [5.74, 6) is -0.0996. The number of rotatable bonds is 2. The van der Waals surface area contributed by atoms with Crippen LogP contribution in [0.2, 0.25) is 0 Å². The van der Waals surface area contributed by atoms with E-state index in [1.807, 2.05) is 26.0 Å². The van der Waals surface area contributed by atoms with Crippen molar-refractivity contribution in [1.82, 2.24) is 0 Å². The summed E-state index contributed by atoms with van der Waals surface area (Å²) in [4.78, 5) is 11.9. The fourth-order valence-electron chi connectivity index (χ4n) is 1.94. The van der Waals surface area contributed by atoms with Crippen molar-refractivity contribution in [2.24, 2.45) is 0 Å². The maximum absolute atomic E-state index is 11.9. The van der Waals surface area contributed by atoms with Gasteiger partial charge in [0.05, 0.1) is 11.4 Å². The van der Waals surface area contributed by atoms with Crippen LogP contribution in [0.1, 0.15) is 24.0 Å². The topological polar surface area (TPSA) is 64.3 Å². The SMILES string of the molecule is Cc1cc(N)c(NC(=O)[C@H]2CCCO2)cc1C. The third kappa shape index (κ3) is 2.58. The predicted molar refractivity (Wildman–Crippen MR) is 67.9 cm³/mol. The molecule has 0 unspecified atom stereocenters. The average molecular weight is 234 g/mol. The average Bonchev–Trinajstić information content (AvgIpc) is 2.79. The van der Waals surface area contributed by atoms with Crippen molar-refractivity contribution in [1.29, 1.82) is 0 Å². The Morgan fingerprint density at radius 1 is 1.41 bits per heavy atom. The van der Waals surface area contributed by atoms with Crippen LogP contribution >= 0.6 is 0 Å². The van der Waals surface area contributed by atoms with E-state index in [-0.39, 0.29) is 12.0 Å². The molecule has 1 aliphatic rings. The van der Waals surface area contributed by atoms with Gasteiger partial charge in [-0.05, 0) is 49.9 Å². The molecule has 92 valence electrons. The van der Waals surface area contributed by atoms with Crippen molar-refractivity contribution in [3.63, 3.8) is 0 Å². The van der Waals surface area contributed by atoms with E-state index in [0.717, 1.165) is 24.0 Å². The number of carbonyl (C=O) groups is 1. The zero-order valence-electron chi connectivity index (χ0n) is 10.2. The molecule has 1 atom stereocenters. The van der Waals surface area contributed by atoms with Gasteiger partial charge in [0.2, 0.25) is 0 Å². The Balaban J connectivity index is 2.12. The number of aryl methyl sites for hydroxylation is 2. The fourth-order valence-corrected chi connectivity index (χ4v) is 1.94. The molecule has 0 bridgehead atoms. The van der Waals surface area contributed by atoms with E-state index >= 15 is 0 Å². The lowest BCUT2D eigenvalue weighted by Gasteiger charge is -2.13. The smallest absolute Gasteiger partial charge is 0.253 e. The van der Waals surface area contributed by atoms with Crippen LogP contribution < -0.4 is 11.1 Å². The summed E-state index contributed by atoms with van der Waals surface area (Å²) in [6.07, 6.45) is 1.41. The summed E-state index contributed by atoms with van der Waals surface area (Å²) in [6, 6.07) is 3.78. The Morgan fingerprint density at radius 2 is 2.12 bits per heavy atom. The highest BCUT2D eigenvalue weighted by atomic mass is 16.5. The van der Waals surface area contributed by atoms with Crippen LogP contribution in [-0.4, -0.2) is 18.6 Å². The summed E-state index contributed by atoms with van der Waals surface area (Å²) in [5, 5.41) is 2.83. The predicted octanol–water partition coefficient (Wildman–Crippen LogP) is 2.00. The molecule has 2 rings (SSSR count). The number of carbonyl (C=O) groups excluding carboxylic acids is 1. The van der Waals surface area contributed by atoms with Crippen LogP contribution in [0.15, 0.2) is 12.1 Å². The second-order valence-electron chi connectivity index (χ2n) is 4.51. The number of hydrogen-bond acceptors (Lipinski definition) is 3. The van der Waals surface area contributed by atoms with E-state index in [1.165, 1.54) is 0 Å². The molecule has 1 fully saturated rings. The van der Waals surface area contributed by atoms with E-state index in [1.54, 1.807) is 0 Å². The number of nitrogens with one attached hydrogen (secondary N) is 1. The van der Waals surface area contributed by atoms with E-state index in [9.17, 15) is 4.79 Å². The van der Waals surface area contributed by atoms with Gasteiger partial charge < -0.3 is 15.8 Å². The number of amides is 1. The van der Waals surface area contributed by atoms with Crippen molar-refractivity contribution in [2.75, 3.05) is 17.7 Å². The van der Waals surface area contributed by atoms with Gasteiger partial charge >= 0.3 is 0 Å². The Bertz CT molecular complexity index is 437. The monoisotopic (exact) mass is 234 g/mol. The van der Waals surface area contributed by atoms with E-state index in [4.69, 9.17) is 10.5 Å². The van der Waals surface area contributed by atoms with Crippen molar-refractivity contribution in [3.8, 4) is 0 Å². The first-order valence-electron chi connectivity index (χ1n) is 5.87. The summed E-state index contributed by atoms with van der Waals surface area (Å²) in [7, 11) is 0. The number of nitrogens with two attached hydrogens (primary N) is 1. The third-order valence-electron chi connectivity index (χ3n) is 3.15. The number of nitrogen functional groups attached to an aromatic ring is 1. The van der Waals surface area contributed by atoms with Crippen LogP contribution in [0.4, 0.5) is 11.4 Å². The summed E-state index contributed by atoms with van der Waals surface area (Å²) >= 11 is 0. The molecule has 1 amide bonds. The molecule has 0 spiro atoms. The molecule has 4 nitrogen and oxygen atoms in total. The lowest BCUT2D eigenvalue weighted by atomic mass is 10.1. The Hall–Kier alpha value is -1.55. The molecular weight excluding hydrogens is 216 g/mol. The van der Waals surface area contributed by atoms with Gasteiger partial charge in [-0.15, -0.1) is 0 Å². The molecule has 3 N–H and O–H groups in total. The minimum absolute atomic E-state index is 0.0996. The van der Waals surface area contributed by atoms with Gasteiger partial charge in [0.25, 0.3) is 5.91 Å². The zero-order valence-corrected chi connectivity index (χ0v) is 10.2. The standard InChI is InChI=1S/C13H18N2O2/c1-8-6-10(14)11(7-9(8)2)15-13(16)12-4-3-5-17-12/h6-7,12H,3-5,14H2,1-2H3,(H,15,16)/t12-/m1/s1. The molecule has 0 saturated carbocycles. The quantitative estimate of drug-likeness (QED) is 0.769. The molecule has 0 aliphatic carbocycles. The highest BCUT2D eigenvalue weighted by molar-refractivity contribution is 5.97. The van der Waals surface area contributed by atoms with Crippen molar-refractivity contribution in [3.05, 3.63) is 23.3 Å². The molecule has 4 heteroatoms. The Labute approximate surface area is 101 Å². The zero-order chi connectivity index (χ0) is 12.4. The van der Waals surface area contributed by atoms with E-state index in [0.29, 0.717) is 18.0 Å². The van der Waals surface area contributed by atoms with Gasteiger partial charge in [0, 0.05) is 6.61 Å². The van der Waals surface area contributed by atoms with Crippen LogP contribution in [0, 0.1) is 13.8 Å². The van der Waals surface area contributed by atoms with Gasteiger partial charge in [-0.25, -0.2) is 0 Å². The van der Waals surface area contributed by atoms with E-state index < -0.39 is 0 Å². The largest absolute Gasteiger partial charge is 0.397 e. The molecule has 0 aromatic heterocycles. The maximum Gasteiger partial charge on any atom is 0.253 e. The summed E-state index contributed by atoms with van der Waals surface area (Å²) < 4.78 is 5.33. The van der Waals surface area contributed by atoms with Crippen LogP contribution in [-0.2, 0) is 9.53 Å². The molecule has 1 saturated heterocycles. The fraction of sp³-hybridized carbons (Fsp3) is 0.462. The second-order valence-corrected chi connectivity index (χ2v) is 4.51. The first kappa shape index (κ1) is 11.9. The second kappa shape index (κ2) is 4.75. The molecule has 17 heavy (non-hydrogen) atoms. The lowest BCUT2D eigenvalue weighted by Crippen LogP contribution is -2.27. The van der Waals surface area contributed by atoms with Gasteiger partial charge in [0.15, 0.2) is 0 Å². The first-order chi connectivity index (χ1) is 8.08. The van der Waals surface area contributed by atoms with Crippen LogP contribution in [0.5, 0.6) is 0 Å². The highest BCUT2D eigenvalue weighted by Gasteiger charge is 2.24. The molecule has 1 heterocycles. The normalized spacial score (nSPS) is 19.3. The molecule has 1 aliphatic heterocycles. The molecule has 1 aromatic rings. The van der Waals surface area contributed by atoms with Gasteiger partial charge in [-0.1, -0.05) is 0 Å². The van der Waals surface area contributed by atoms with Crippen LogP contribution in [0.3, 0.4) is 0 Å². The first-order valence-corrected chi connectivity index (χ1v) is 5.87. The third-order valence-corrected chi connectivity index (χ3v) is 3.15.